The van der Waals surface area contributed by atoms with Crippen LogP contribution in [-0.4, -0.2) is 29.8 Å². The van der Waals surface area contributed by atoms with Crippen LogP contribution in [0.2, 0.25) is 0 Å². The fraction of sp³-hybridized carbons (Fsp3) is 0.300. The van der Waals surface area contributed by atoms with Crippen LogP contribution in [0.15, 0.2) is 34.1 Å². The molecule has 18 heavy (non-hydrogen) atoms. The van der Waals surface area contributed by atoms with E-state index in [1.165, 1.54) is 6.07 Å². The quantitative estimate of drug-likeness (QED) is 0.806. The summed E-state index contributed by atoms with van der Waals surface area (Å²) >= 11 is 1.10. The maximum Gasteiger partial charge on any atom is 0.250 e. The molecule has 2 N–H and O–H groups in total. The van der Waals surface area contributed by atoms with Gasteiger partial charge in [0.15, 0.2) is 0 Å². The highest BCUT2D eigenvalue weighted by Crippen LogP contribution is 2.19. The third-order valence-electron chi connectivity index (χ3n) is 2.27. The van der Waals surface area contributed by atoms with Crippen LogP contribution in [-0.2, 0) is 23.2 Å². The minimum atomic E-state index is -3.49. The third kappa shape index (κ3) is 3.16. The Hall–Kier alpha value is -1.22. The zero-order valence-electron chi connectivity index (χ0n) is 9.48. The van der Waals surface area contributed by atoms with Gasteiger partial charge in [0.05, 0.1) is 13.2 Å². The Morgan fingerprint density at radius 3 is 2.94 bits per heavy atom. The van der Waals surface area contributed by atoms with Gasteiger partial charge in [-0.25, -0.2) is 13.1 Å². The number of thiophene rings is 1. The number of aromatic nitrogens is 2. The molecule has 2 aromatic heterocycles. The summed E-state index contributed by atoms with van der Waals surface area (Å²) in [6, 6.07) is 3.25. The molecule has 0 atom stereocenters. The van der Waals surface area contributed by atoms with Gasteiger partial charge in [0.2, 0.25) is 10.0 Å². The average Bonchev–Trinajstić information content (AvgIpc) is 2.99. The number of sulfonamides is 1. The van der Waals surface area contributed by atoms with E-state index in [9.17, 15) is 8.42 Å². The van der Waals surface area contributed by atoms with Crippen LogP contribution in [0.3, 0.4) is 0 Å². The van der Waals surface area contributed by atoms with Gasteiger partial charge >= 0.3 is 0 Å². The van der Waals surface area contributed by atoms with Crippen molar-refractivity contribution in [3.63, 3.8) is 0 Å². The summed E-state index contributed by atoms with van der Waals surface area (Å²) in [5.41, 5.74) is 0.604. The molecule has 0 saturated carbocycles. The molecule has 2 aromatic rings. The lowest BCUT2D eigenvalue weighted by Gasteiger charge is -2.04. The first-order valence-corrected chi connectivity index (χ1v) is 7.63. The second-order valence-corrected chi connectivity index (χ2v) is 6.50. The fourth-order valence-electron chi connectivity index (χ4n) is 1.38. The van der Waals surface area contributed by atoms with Gasteiger partial charge in [-0.15, -0.1) is 11.3 Å². The lowest BCUT2D eigenvalue weighted by atomic mass is 10.4. The van der Waals surface area contributed by atoms with Gasteiger partial charge in [0.25, 0.3) is 0 Å². The largest absolute Gasteiger partial charge is 0.392 e. The van der Waals surface area contributed by atoms with Crippen molar-refractivity contribution >= 4 is 21.4 Å². The molecule has 0 aliphatic heterocycles. The van der Waals surface area contributed by atoms with Crippen LogP contribution in [0.25, 0.3) is 0 Å². The number of hydrogen-bond donors (Lipinski definition) is 2. The standard InChI is InChI=1S/C10H13N3O3S2/c14-7-9-6-10(17-8-9)18(15,16)12-3-5-13-4-1-2-11-13/h1-2,4,6,8,12,14H,3,5,7H2. The molecule has 98 valence electrons. The molecule has 0 spiro atoms. The first-order valence-electron chi connectivity index (χ1n) is 5.27. The van der Waals surface area contributed by atoms with Crippen LogP contribution in [0.1, 0.15) is 5.56 Å². The molecule has 8 heteroatoms. The van der Waals surface area contributed by atoms with E-state index in [4.69, 9.17) is 5.11 Å². The molecule has 2 heterocycles. The average molecular weight is 287 g/mol. The Balaban J connectivity index is 1.95. The van der Waals surface area contributed by atoms with E-state index in [1.54, 1.807) is 28.5 Å². The number of nitrogens with zero attached hydrogens (tertiary/aromatic N) is 2. The van der Waals surface area contributed by atoms with Gasteiger partial charge in [-0.1, -0.05) is 0 Å². The van der Waals surface area contributed by atoms with Gasteiger partial charge in [-0.2, -0.15) is 5.10 Å². The summed E-state index contributed by atoms with van der Waals surface area (Å²) in [7, 11) is -3.49. The predicted octanol–water partition coefficient (Wildman–Crippen LogP) is 0.415. The van der Waals surface area contributed by atoms with Crippen LogP contribution in [0.5, 0.6) is 0 Å². The number of aliphatic hydroxyl groups excluding tert-OH is 1. The molecule has 0 unspecified atom stereocenters. The summed E-state index contributed by atoms with van der Waals surface area (Å²) in [4.78, 5) is 0. The number of rotatable bonds is 6. The third-order valence-corrected chi connectivity index (χ3v) is 5.22. The second-order valence-electron chi connectivity index (χ2n) is 3.60. The Labute approximate surface area is 109 Å². The lowest BCUT2D eigenvalue weighted by Crippen LogP contribution is -2.27. The Morgan fingerprint density at radius 1 is 1.50 bits per heavy atom. The maximum atomic E-state index is 11.9. The van der Waals surface area contributed by atoms with Gasteiger partial charge < -0.3 is 5.11 Å². The maximum absolute atomic E-state index is 11.9. The highest BCUT2D eigenvalue weighted by Gasteiger charge is 2.15. The van der Waals surface area contributed by atoms with Crippen LogP contribution >= 0.6 is 11.3 Å². The molecule has 6 nitrogen and oxygen atoms in total. The molecule has 0 aliphatic rings. The van der Waals surface area contributed by atoms with Crippen molar-refractivity contribution in [3.8, 4) is 0 Å². The van der Waals surface area contributed by atoms with Gasteiger partial charge in [0, 0.05) is 18.9 Å². The molecule has 0 aliphatic carbocycles. The SMILES string of the molecule is O=S(=O)(NCCn1cccn1)c1cc(CO)cs1. The molecule has 0 aromatic carbocycles. The van der Waals surface area contributed by atoms with E-state index in [-0.39, 0.29) is 17.4 Å². The predicted molar refractivity (Wildman–Crippen MR) is 67.7 cm³/mol. The zero-order valence-corrected chi connectivity index (χ0v) is 11.1. The van der Waals surface area contributed by atoms with E-state index in [1.807, 2.05) is 0 Å². The normalized spacial score (nSPS) is 11.8. The molecule has 0 fully saturated rings. The lowest BCUT2D eigenvalue weighted by molar-refractivity contribution is 0.282. The van der Waals surface area contributed by atoms with Crippen molar-refractivity contribution in [2.24, 2.45) is 0 Å². The summed E-state index contributed by atoms with van der Waals surface area (Å²) < 4.78 is 28.1. The summed E-state index contributed by atoms with van der Waals surface area (Å²) in [6.07, 6.45) is 3.41. The van der Waals surface area contributed by atoms with Gasteiger partial charge in [0.1, 0.15) is 4.21 Å². The number of hydrogen-bond acceptors (Lipinski definition) is 5. The van der Waals surface area contributed by atoms with Crippen molar-refractivity contribution in [3.05, 3.63) is 35.5 Å². The van der Waals surface area contributed by atoms with Crippen LogP contribution in [0, 0.1) is 0 Å². The van der Waals surface area contributed by atoms with Gasteiger partial charge in [-0.05, 0) is 23.1 Å². The zero-order chi connectivity index (χ0) is 13.0. The molecule has 0 saturated heterocycles. The highest BCUT2D eigenvalue weighted by molar-refractivity contribution is 7.91. The van der Waals surface area contributed by atoms with Crippen molar-refractivity contribution in [1.29, 1.82) is 0 Å². The van der Waals surface area contributed by atoms with E-state index in [0.29, 0.717) is 12.1 Å². The van der Waals surface area contributed by atoms with E-state index >= 15 is 0 Å². The van der Waals surface area contributed by atoms with Crippen molar-refractivity contribution in [2.75, 3.05) is 6.54 Å². The Morgan fingerprint density at radius 2 is 2.33 bits per heavy atom. The summed E-state index contributed by atoms with van der Waals surface area (Å²) in [6.45, 7) is 0.597. The molecular formula is C10H13N3O3S2. The second kappa shape index (κ2) is 5.61. The number of nitrogens with one attached hydrogen (secondary N) is 1. The van der Waals surface area contributed by atoms with Crippen molar-refractivity contribution in [2.45, 2.75) is 17.4 Å². The fourth-order valence-corrected chi connectivity index (χ4v) is 3.64. The molecule has 0 bridgehead atoms. The molecule has 0 amide bonds. The first kappa shape index (κ1) is 13.2. The van der Waals surface area contributed by atoms with E-state index < -0.39 is 10.0 Å². The first-order chi connectivity index (χ1) is 8.62. The monoisotopic (exact) mass is 287 g/mol. The minimum Gasteiger partial charge on any atom is -0.392 e. The number of aliphatic hydroxyl groups is 1. The Bertz CT molecular complexity index is 590. The smallest absolute Gasteiger partial charge is 0.250 e. The summed E-state index contributed by atoms with van der Waals surface area (Å²) in [5, 5.41) is 14.5. The van der Waals surface area contributed by atoms with Gasteiger partial charge in [-0.3, -0.25) is 4.68 Å². The highest BCUT2D eigenvalue weighted by atomic mass is 32.2. The minimum absolute atomic E-state index is 0.153. The summed E-state index contributed by atoms with van der Waals surface area (Å²) in [5.74, 6) is 0. The van der Waals surface area contributed by atoms with E-state index in [0.717, 1.165) is 11.3 Å². The van der Waals surface area contributed by atoms with E-state index in [2.05, 4.69) is 9.82 Å². The molecule has 2 rings (SSSR count). The molecular weight excluding hydrogens is 274 g/mol. The topological polar surface area (TPSA) is 84.2 Å². The Kier molecular flexibility index (Phi) is 4.12. The van der Waals surface area contributed by atoms with Crippen molar-refractivity contribution in [1.82, 2.24) is 14.5 Å². The van der Waals surface area contributed by atoms with Crippen molar-refractivity contribution < 1.29 is 13.5 Å². The molecule has 0 radical (unpaired) electrons. The van der Waals surface area contributed by atoms with Crippen LogP contribution < -0.4 is 4.72 Å². The van der Waals surface area contributed by atoms with Crippen LogP contribution in [0.4, 0.5) is 0 Å².